The SMILES string of the molecule is Cc1nc(NC(=O)CSCc2ccc(Cl)cc2)n[nH]1. The molecule has 0 aliphatic heterocycles. The summed E-state index contributed by atoms with van der Waals surface area (Å²) in [6.45, 7) is 1.78. The maximum atomic E-state index is 11.6. The third kappa shape index (κ3) is 4.57. The first-order valence-corrected chi connectivity index (χ1v) is 7.18. The Morgan fingerprint density at radius 3 is 2.79 bits per heavy atom. The molecule has 0 spiro atoms. The molecule has 1 aromatic carbocycles. The van der Waals surface area contributed by atoms with Gasteiger partial charge >= 0.3 is 0 Å². The van der Waals surface area contributed by atoms with Gasteiger partial charge in [0.05, 0.1) is 5.75 Å². The molecular weight excluding hydrogens is 284 g/mol. The summed E-state index contributed by atoms with van der Waals surface area (Å²) in [6, 6.07) is 7.58. The zero-order valence-corrected chi connectivity index (χ0v) is 11.9. The molecule has 0 radical (unpaired) electrons. The Labute approximate surface area is 120 Å². The minimum absolute atomic E-state index is 0.113. The molecule has 1 amide bonds. The number of aromatic amines is 1. The molecule has 1 heterocycles. The highest BCUT2D eigenvalue weighted by molar-refractivity contribution is 7.99. The maximum absolute atomic E-state index is 11.6. The van der Waals surface area contributed by atoms with E-state index in [1.165, 1.54) is 11.8 Å². The van der Waals surface area contributed by atoms with Crippen LogP contribution in [0.25, 0.3) is 0 Å². The molecule has 100 valence electrons. The Morgan fingerprint density at radius 1 is 1.42 bits per heavy atom. The van der Waals surface area contributed by atoms with Gasteiger partial charge in [0.15, 0.2) is 0 Å². The number of benzene rings is 1. The van der Waals surface area contributed by atoms with Crippen LogP contribution in [0.1, 0.15) is 11.4 Å². The molecule has 2 N–H and O–H groups in total. The van der Waals surface area contributed by atoms with E-state index in [4.69, 9.17) is 11.6 Å². The van der Waals surface area contributed by atoms with Crippen LogP contribution < -0.4 is 5.32 Å². The van der Waals surface area contributed by atoms with Crippen molar-refractivity contribution >= 4 is 35.2 Å². The van der Waals surface area contributed by atoms with Crippen LogP contribution in [0.5, 0.6) is 0 Å². The number of hydrogen-bond acceptors (Lipinski definition) is 4. The van der Waals surface area contributed by atoms with Gasteiger partial charge in [-0.1, -0.05) is 23.7 Å². The topological polar surface area (TPSA) is 70.7 Å². The fourth-order valence-corrected chi connectivity index (χ4v) is 2.32. The van der Waals surface area contributed by atoms with Crippen molar-refractivity contribution in [3.8, 4) is 0 Å². The van der Waals surface area contributed by atoms with Crippen LogP contribution in [0.4, 0.5) is 5.95 Å². The first-order valence-electron chi connectivity index (χ1n) is 5.64. The lowest BCUT2D eigenvalue weighted by atomic mass is 10.2. The summed E-state index contributed by atoms with van der Waals surface area (Å²) < 4.78 is 0. The van der Waals surface area contributed by atoms with E-state index >= 15 is 0 Å². The summed E-state index contributed by atoms with van der Waals surface area (Å²) in [4.78, 5) is 15.6. The number of H-pyrrole nitrogens is 1. The van der Waals surface area contributed by atoms with Crippen LogP contribution >= 0.6 is 23.4 Å². The number of hydrogen-bond donors (Lipinski definition) is 2. The fraction of sp³-hybridized carbons (Fsp3) is 0.250. The van der Waals surface area contributed by atoms with E-state index < -0.39 is 0 Å². The molecule has 0 bridgehead atoms. The van der Waals surface area contributed by atoms with Gasteiger partial charge in [0.25, 0.3) is 0 Å². The fourth-order valence-electron chi connectivity index (χ4n) is 1.40. The number of aromatic nitrogens is 3. The molecule has 0 unspecified atom stereocenters. The number of amides is 1. The van der Waals surface area contributed by atoms with Gasteiger partial charge in [0.1, 0.15) is 5.82 Å². The van der Waals surface area contributed by atoms with Gasteiger partial charge in [-0.2, -0.15) is 4.98 Å². The predicted octanol–water partition coefficient (Wildman–Crippen LogP) is 2.64. The molecule has 0 aliphatic rings. The molecule has 2 aromatic rings. The number of carbonyl (C=O) groups is 1. The molecule has 0 saturated heterocycles. The van der Waals surface area contributed by atoms with Crippen molar-refractivity contribution in [1.29, 1.82) is 0 Å². The number of nitrogens with zero attached hydrogens (tertiary/aromatic N) is 2. The van der Waals surface area contributed by atoms with Crippen LogP contribution in [0.3, 0.4) is 0 Å². The number of anilines is 1. The monoisotopic (exact) mass is 296 g/mol. The summed E-state index contributed by atoms with van der Waals surface area (Å²) >= 11 is 7.33. The molecule has 0 aliphatic carbocycles. The van der Waals surface area contributed by atoms with E-state index in [-0.39, 0.29) is 5.91 Å². The number of thioether (sulfide) groups is 1. The van der Waals surface area contributed by atoms with Crippen molar-refractivity contribution in [3.63, 3.8) is 0 Å². The van der Waals surface area contributed by atoms with E-state index in [1.807, 2.05) is 24.3 Å². The average molecular weight is 297 g/mol. The quantitative estimate of drug-likeness (QED) is 0.890. The van der Waals surface area contributed by atoms with Gasteiger partial charge in [-0.3, -0.25) is 15.2 Å². The van der Waals surface area contributed by atoms with Crippen LogP contribution in [-0.4, -0.2) is 26.8 Å². The minimum atomic E-state index is -0.113. The van der Waals surface area contributed by atoms with E-state index in [9.17, 15) is 4.79 Å². The predicted molar refractivity (Wildman–Crippen MR) is 77.4 cm³/mol. The van der Waals surface area contributed by atoms with Gasteiger partial charge in [0.2, 0.25) is 11.9 Å². The Kier molecular flexibility index (Phi) is 4.81. The Morgan fingerprint density at radius 2 is 2.16 bits per heavy atom. The van der Waals surface area contributed by atoms with E-state index in [0.717, 1.165) is 11.3 Å². The smallest absolute Gasteiger partial charge is 0.248 e. The highest BCUT2D eigenvalue weighted by Crippen LogP contribution is 2.15. The van der Waals surface area contributed by atoms with Crippen molar-refractivity contribution in [3.05, 3.63) is 40.7 Å². The number of halogens is 1. The lowest BCUT2D eigenvalue weighted by molar-refractivity contribution is -0.113. The average Bonchev–Trinajstić information content (AvgIpc) is 2.77. The molecular formula is C12H13ClN4OS. The summed E-state index contributed by atoms with van der Waals surface area (Å²) in [6.07, 6.45) is 0. The first-order chi connectivity index (χ1) is 9.13. The zero-order chi connectivity index (χ0) is 13.7. The molecule has 0 saturated carbocycles. The van der Waals surface area contributed by atoms with Crippen molar-refractivity contribution in [1.82, 2.24) is 15.2 Å². The number of aryl methyl sites for hydroxylation is 1. The van der Waals surface area contributed by atoms with Crippen LogP contribution in [0.2, 0.25) is 5.02 Å². The lowest BCUT2D eigenvalue weighted by Crippen LogP contribution is -2.15. The number of rotatable bonds is 5. The van der Waals surface area contributed by atoms with Crippen LogP contribution in [-0.2, 0) is 10.5 Å². The van der Waals surface area contributed by atoms with E-state index in [0.29, 0.717) is 22.5 Å². The summed E-state index contributed by atoms with van der Waals surface area (Å²) in [5.41, 5.74) is 1.14. The maximum Gasteiger partial charge on any atom is 0.248 e. The normalized spacial score (nSPS) is 10.4. The third-order valence-electron chi connectivity index (χ3n) is 2.26. The first kappa shape index (κ1) is 13.9. The molecule has 0 fully saturated rings. The summed E-state index contributed by atoms with van der Waals surface area (Å²) in [5.74, 6) is 1.99. The Hall–Kier alpha value is -1.53. The highest BCUT2D eigenvalue weighted by Gasteiger charge is 2.06. The standard InChI is InChI=1S/C12H13ClN4OS/c1-8-14-12(17-16-8)15-11(18)7-19-6-9-2-4-10(13)5-3-9/h2-5H,6-7H2,1H3,(H2,14,15,16,17,18). The van der Waals surface area contributed by atoms with E-state index in [1.54, 1.807) is 6.92 Å². The second kappa shape index (κ2) is 6.58. The molecule has 19 heavy (non-hydrogen) atoms. The minimum Gasteiger partial charge on any atom is -0.293 e. The van der Waals surface area contributed by atoms with Gasteiger partial charge in [-0.15, -0.1) is 16.9 Å². The summed E-state index contributed by atoms with van der Waals surface area (Å²) in [5, 5.41) is 9.84. The highest BCUT2D eigenvalue weighted by atomic mass is 35.5. The number of nitrogens with one attached hydrogen (secondary N) is 2. The van der Waals surface area contributed by atoms with Crippen molar-refractivity contribution in [2.45, 2.75) is 12.7 Å². The second-order valence-electron chi connectivity index (χ2n) is 3.91. The van der Waals surface area contributed by atoms with Crippen molar-refractivity contribution in [2.75, 3.05) is 11.1 Å². The largest absolute Gasteiger partial charge is 0.293 e. The molecule has 0 atom stereocenters. The molecule has 1 aromatic heterocycles. The van der Waals surface area contributed by atoms with Gasteiger partial charge in [-0.25, -0.2) is 0 Å². The van der Waals surface area contributed by atoms with Gasteiger partial charge in [0, 0.05) is 10.8 Å². The number of carbonyl (C=O) groups excluding carboxylic acids is 1. The third-order valence-corrected chi connectivity index (χ3v) is 3.52. The van der Waals surface area contributed by atoms with Crippen molar-refractivity contribution < 1.29 is 4.79 Å². The lowest BCUT2D eigenvalue weighted by Gasteiger charge is -2.02. The van der Waals surface area contributed by atoms with Crippen LogP contribution in [0, 0.1) is 6.92 Å². The van der Waals surface area contributed by atoms with Crippen LogP contribution in [0.15, 0.2) is 24.3 Å². The Balaban J connectivity index is 1.73. The molecule has 5 nitrogen and oxygen atoms in total. The Bertz CT molecular complexity index is 555. The second-order valence-corrected chi connectivity index (χ2v) is 5.33. The van der Waals surface area contributed by atoms with Gasteiger partial charge in [-0.05, 0) is 24.6 Å². The summed E-state index contributed by atoms with van der Waals surface area (Å²) in [7, 11) is 0. The zero-order valence-electron chi connectivity index (χ0n) is 10.3. The van der Waals surface area contributed by atoms with Gasteiger partial charge < -0.3 is 0 Å². The van der Waals surface area contributed by atoms with Crippen molar-refractivity contribution in [2.24, 2.45) is 0 Å². The van der Waals surface area contributed by atoms with E-state index in [2.05, 4.69) is 20.5 Å². The molecule has 7 heteroatoms. The molecule has 2 rings (SSSR count).